The van der Waals surface area contributed by atoms with Gasteiger partial charge in [0, 0.05) is 57.6 Å². The predicted molar refractivity (Wildman–Crippen MR) is 115 cm³/mol. The number of aliphatic hydroxyl groups excluding tert-OH is 1. The maximum Gasteiger partial charge on any atom is 0.417 e. The summed E-state index contributed by atoms with van der Waals surface area (Å²) in [4.78, 5) is 21.6. The number of rotatable bonds is 3. The fourth-order valence-corrected chi connectivity index (χ4v) is 5.68. The van der Waals surface area contributed by atoms with Crippen molar-refractivity contribution in [3.63, 3.8) is 0 Å². The van der Waals surface area contributed by atoms with E-state index in [1.165, 1.54) is 0 Å². The fraction of sp³-hybridized carbons (Fsp3) is 0.667. The molecule has 1 N–H and O–H groups in total. The second kappa shape index (κ2) is 8.89. The van der Waals surface area contributed by atoms with Gasteiger partial charge in [-0.25, -0.2) is 0 Å². The van der Waals surface area contributed by atoms with E-state index in [1.54, 1.807) is 11.8 Å². The van der Waals surface area contributed by atoms with Gasteiger partial charge in [-0.05, 0) is 49.3 Å². The van der Waals surface area contributed by atoms with Crippen molar-refractivity contribution in [2.45, 2.75) is 57.2 Å². The van der Waals surface area contributed by atoms with Gasteiger partial charge in [-0.2, -0.15) is 13.2 Å². The van der Waals surface area contributed by atoms with Crippen LogP contribution >= 0.6 is 0 Å². The first kappa shape index (κ1) is 23.7. The highest BCUT2D eigenvalue weighted by Gasteiger charge is 2.51. The quantitative estimate of drug-likeness (QED) is 0.715. The Morgan fingerprint density at radius 3 is 2.74 bits per heavy atom. The van der Waals surface area contributed by atoms with Crippen LogP contribution in [0.1, 0.15) is 43.0 Å². The van der Waals surface area contributed by atoms with Crippen molar-refractivity contribution in [1.82, 2.24) is 14.8 Å². The minimum Gasteiger partial charge on any atom is -0.381 e. The van der Waals surface area contributed by atoms with Gasteiger partial charge in [-0.1, -0.05) is 0 Å². The number of fused-ring (bicyclic) bond motifs is 1. The van der Waals surface area contributed by atoms with Crippen LogP contribution in [0.4, 0.5) is 13.2 Å². The molecule has 4 aliphatic rings. The van der Waals surface area contributed by atoms with Gasteiger partial charge in [0.05, 0.1) is 17.7 Å². The number of pyridine rings is 1. The Labute approximate surface area is 196 Å². The van der Waals surface area contributed by atoms with Crippen molar-refractivity contribution in [2.75, 3.05) is 39.4 Å². The summed E-state index contributed by atoms with van der Waals surface area (Å²) in [6.45, 7) is 6.14. The topological polar surface area (TPSA) is 75.1 Å². The highest BCUT2D eigenvalue weighted by atomic mass is 19.4. The number of aliphatic hydroxyl groups is 1. The molecule has 4 aliphatic heterocycles. The van der Waals surface area contributed by atoms with E-state index in [0.717, 1.165) is 51.5 Å². The van der Waals surface area contributed by atoms with E-state index >= 15 is 0 Å². The summed E-state index contributed by atoms with van der Waals surface area (Å²) in [5.41, 5.74) is 0.282. The first-order valence-corrected chi connectivity index (χ1v) is 11.9. The first-order chi connectivity index (χ1) is 16.2. The van der Waals surface area contributed by atoms with E-state index in [0.29, 0.717) is 54.1 Å². The van der Waals surface area contributed by atoms with E-state index in [1.807, 2.05) is 0 Å². The van der Waals surface area contributed by atoms with Gasteiger partial charge in [0.1, 0.15) is 5.60 Å². The summed E-state index contributed by atoms with van der Waals surface area (Å²) in [7, 11) is 0. The number of nitrogens with zero attached hydrogens (tertiary/aromatic N) is 3. The maximum atomic E-state index is 13.7. The summed E-state index contributed by atoms with van der Waals surface area (Å²) in [5.74, 6) is 0.251. The molecule has 7 nitrogen and oxygen atoms in total. The number of halogens is 3. The van der Waals surface area contributed by atoms with E-state index in [9.17, 15) is 23.1 Å². The number of ether oxygens (including phenoxy) is 2. The van der Waals surface area contributed by atoms with Crippen LogP contribution in [-0.2, 0) is 33.4 Å². The van der Waals surface area contributed by atoms with Crippen LogP contribution in [0.15, 0.2) is 23.4 Å². The molecule has 0 bridgehead atoms. The molecular weight excluding hydrogens is 451 g/mol. The van der Waals surface area contributed by atoms with E-state index in [-0.39, 0.29) is 12.5 Å². The number of piperidine rings is 1. The average Bonchev–Trinajstić information content (AvgIpc) is 3.40. The first-order valence-electron chi connectivity index (χ1n) is 11.9. The van der Waals surface area contributed by atoms with Crippen LogP contribution < -0.4 is 0 Å². The largest absolute Gasteiger partial charge is 0.417 e. The Morgan fingerprint density at radius 2 is 2.06 bits per heavy atom. The number of hydrogen-bond donors (Lipinski definition) is 1. The molecule has 10 heteroatoms. The zero-order valence-electron chi connectivity index (χ0n) is 19.2. The van der Waals surface area contributed by atoms with Gasteiger partial charge in [0.25, 0.3) is 5.91 Å². The van der Waals surface area contributed by atoms with E-state index in [4.69, 9.17) is 9.47 Å². The van der Waals surface area contributed by atoms with Gasteiger partial charge >= 0.3 is 6.18 Å². The van der Waals surface area contributed by atoms with Crippen molar-refractivity contribution < 1.29 is 32.5 Å². The van der Waals surface area contributed by atoms with Crippen LogP contribution in [-0.4, -0.2) is 77.1 Å². The third-order valence-electron chi connectivity index (χ3n) is 7.63. The van der Waals surface area contributed by atoms with Gasteiger partial charge in [-0.15, -0.1) is 0 Å². The van der Waals surface area contributed by atoms with Crippen molar-refractivity contribution in [1.29, 1.82) is 0 Å². The number of likely N-dealkylation sites (tertiary alicyclic amines) is 1. The Morgan fingerprint density at radius 1 is 1.29 bits per heavy atom. The number of amides is 1. The van der Waals surface area contributed by atoms with E-state index < -0.39 is 23.6 Å². The Kier molecular flexibility index (Phi) is 6.20. The smallest absolute Gasteiger partial charge is 0.381 e. The Balaban J connectivity index is 1.32. The molecule has 1 amide bonds. The van der Waals surface area contributed by atoms with Crippen molar-refractivity contribution >= 4 is 5.91 Å². The SMILES string of the molecule is CC1=C(C(=O)N2CCc3ncc(C(F)(F)F)cc3C2)C2(CCN(C[C@H]3CCOC3)CC2)OC1O. The normalized spacial score (nSPS) is 27.5. The molecule has 0 aromatic carbocycles. The summed E-state index contributed by atoms with van der Waals surface area (Å²) in [6.07, 6.45) is -2.17. The maximum absolute atomic E-state index is 13.7. The number of hydrogen-bond acceptors (Lipinski definition) is 6. The highest BCUT2D eigenvalue weighted by Crippen LogP contribution is 2.44. The summed E-state index contributed by atoms with van der Waals surface area (Å²) < 4.78 is 51.0. The minimum absolute atomic E-state index is 0.0574. The lowest BCUT2D eigenvalue weighted by Crippen LogP contribution is -2.50. The molecule has 2 fully saturated rings. The molecule has 2 saturated heterocycles. The van der Waals surface area contributed by atoms with Crippen LogP contribution in [0, 0.1) is 5.92 Å². The lowest BCUT2D eigenvalue weighted by molar-refractivity contribution is -0.153. The number of alkyl halides is 3. The molecule has 5 heterocycles. The summed E-state index contributed by atoms with van der Waals surface area (Å²) in [5, 5.41) is 10.5. The molecule has 0 saturated carbocycles. The number of carbonyl (C=O) groups is 1. The zero-order valence-corrected chi connectivity index (χ0v) is 19.2. The molecule has 1 spiro atoms. The van der Waals surface area contributed by atoms with Gasteiger partial charge in [0.2, 0.25) is 0 Å². The second-order valence-corrected chi connectivity index (χ2v) is 9.86. The average molecular weight is 482 g/mol. The molecule has 5 rings (SSSR count). The molecule has 2 atom stereocenters. The lowest BCUT2D eigenvalue weighted by atomic mass is 9.82. The molecule has 1 unspecified atom stereocenters. The lowest BCUT2D eigenvalue weighted by Gasteiger charge is -2.42. The summed E-state index contributed by atoms with van der Waals surface area (Å²) >= 11 is 0. The minimum atomic E-state index is -4.49. The van der Waals surface area contributed by atoms with Gasteiger partial charge in [-0.3, -0.25) is 9.78 Å². The molecule has 1 aromatic rings. The molecule has 186 valence electrons. The third kappa shape index (κ3) is 4.36. The van der Waals surface area contributed by atoms with Crippen molar-refractivity contribution in [2.24, 2.45) is 5.92 Å². The molecule has 34 heavy (non-hydrogen) atoms. The Hall–Kier alpha value is -2.01. The van der Waals surface area contributed by atoms with Crippen LogP contribution in [0.3, 0.4) is 0 Å². The molecule has 1 aromatic heterocycles. The number of aromatic nitrogens is 1. The molecule has 0 aliphatic carbocycles. The van der Waals surface area contributed by atoms with Crippen molar-refractivity contribution in [3.05, 3.63) is 40.2 Å². The van der Waals surface area contributed by atoms with Crippen LogP contribution in [0.25, 0.3) is 0 Å². The van der Waals surface area contributed by atoms with E-state index in [2.05, 4.69) is 9.88 Å². The standard InChI is InChI=1S/C24H30F3N3O4/c1-15-20(21(31)30-6-2-19-17(13-30)10-18(11-28-19)24(25,26)27)23(34-22(15)32)4-7-29(8-5-23)12-16-3-9-33-14-16/h10-11,16,22,32H,2-9,12-14H2,1H3/t16-,22?/m1/s1. The van der Waals surface area contributed by atoms with Crippen LogP contribution in [0.5, 0.6) is 0 Å². The third-order valence-corrected chi connectivity index (χ3v) is 7.63. The Bertz CT molecular complexity index is 982. The van der Waals surface area contributed by atoms with Crippen molar-refractivity contribution in [3.8, 4) is 0 Å². The van der Waals surface area contributed by atoms with Gasteiger partial charge < -0.3 is 24.4 Å². The molecule has 0 radical (unpaired) electrons. The summed E-state index contributed by atoms with van der Waals surface area (Å²) in [6, 6.07) is 1.09. The fourth-order valence-electron chi connectivity index (χ4n) is 5.68. The predicted octanol–water partition coefficient (Wildman–Crippen LogP) is 2.52. The second-order valence-electron chi connectivity index (χ2n) is 9.86. The highest BCUT2D eigenvalue weighted by molar-refractivity contribution is 5.97. The zero-order chi connectivity index (χ0) is 24.1. The molecular formula is C24H30F3N3O4. The number of carbonyl (C=O) groups excluding carboxylic acids is 1. The van der Waals surface area contributed by atoms with Gasteiger partial charge in [0.15, 0.2) is 6.29 Å². The monoisotopic (exact) mass is 481 g/mol. The van der Waals surface area contributed by atoms with Crippen LogP contribution in [0.2, 0.25) is 0 Å².